The molecule has 0 saturated carbocycles. The van der Waals surface area contributed by atoms with Gasteiger partial charge in [0.2, 0.25) is 0 Å². The number of nitrogens with zero attached hydrogens (tertiary/aromatic N) is 2. The summed E-state index contributed by atoms with van der Waals surface area (Å²) in [7, 11) is -3.16. The Morgan fingerprint density at radius 2 is 2.07 bits per heavy atom. The van der Waals surface area contributed by atoms with Crippen molar-refractivity contribution in [3.63, 3.8) is 0 Å². The molecule has 0 saturated heterocycles. The first-order chi connectivity index (χ1) is 13.3. The number of amides is 1. The van der Waals surface area contributed by atoms with Crippen molar-refractivity contribution >= 4 is 33.5 Å². The van der Waals surface area contributed by atoms with E-state index in [1.807, 2.05) is 52.0 Å². The van der Waals surface area contributed by atoms with E-state index in [1.54, 1.807) is 6.21 Å². The monoisotopic (exact) mass is 411 g/mol. The van der Waals surface area contributed by atoms with Crippen LogP contribution in [0, 0.1) is 0 Å². The Kier molecular flexibility index (Phi) is 9.72. The van der Waals surface area contributed by atoms with Crippen molar-refractivity contribution in [1.29, 1.82) is 0 Å². The molecule has 0 bridgehead atoms. The lowest BCUT2D eigenvalue weighted by Crippen LogP contribution is -2.23. The number of hydrogen-bond donors (Lipinski definition) is 1. The van der Waals surface area contributed by atoms with Gasteiger partial charge >= 0.3 is 6.09 Å². The van der Waals surface area contributed by atoms with E-state index in [2.05, 4.69) is 15.2 Å². The van der Waals surface area contributed by atoms with Crippen LogP contribution in [0.2, 0.25) is 0 Å². The molecular weight excluding hydrogens is 378 g/mol. The molecule has 7 nitrogen and oxygen atoms in total. The fourth-order valence-electron chi connectivity index (χ4n) is 2.70. The summed E-state index contributed by atoms with van der Waals surface area (Å²) >= 11 is 0. The number of nitrogens with one attached hydrogen (secondary N) is 1. The number of anilines is 2. The van der Waals surface area contributed by atoms with Crippen LogP contribution in [0.25, 0.3) is 0 Å². The van der Waals surface area contributed by atoms with Gasteiger partial charge in [-0.2, -0.15) is 0 Å². The molecule has 158 valence electrons. The van der Waals surface area contributed by atoms with Crippen molar-refractivity contribution in [1.82, 2.24) is 0 Å². The van der Waals surface area contributed by atoms with Gasteiger partial charge in [-0.25, -0.2) is 13.2 Å². The molecule has 1 aromatic carbocycles. The van der Waals surface area contributed by atoms with Crippen LogP contribution in [0.3, 0.4) is 0 Å². The maximum Gasteiger partial charge on any atom is 0.411 e. The summed E-state index contributed by atoms with van der Waals surface area (Å²) < 4.78 is 27.0. The van der Waals surface area contributed by atoms with Gasteiger partial charge in [0.25, 0.3) is 0 Å². The number of carbonyl (C=O) groups is 1. The minimum atomic E-state index is -3.16. The van der Waals surface area contributed by atoms with Gasteiger partial charge < -0.3 is 9.64 Å². The molecule has 0 spiro atoms. The standard InChI is InChI=1S/C18H25N3O4S.C2H6.H2/c1-4-15(19-5-2)13-21-9-8-14-6-7-16(12-17(14)21)20-18(22)25-10-11-26(3,23)24;1-2;/h4-7,12H,8-11,13H2,1-3H3,(H,20,22);1-2H3;1H/b15-4-,19-5?;;. The second kappa shape index (κ2) is 11.5. The summed E-state index contributed by atoms with van der Waals surface area (Å²) in [5.74, 6) is -0.192. The fourth-order valence-corrected chi connectivity index (χ4v) is 3.08. The fraction of sp³-hybridized carbons (Fsp3) is 0.500. The zero-order valence-corrected chi connectivity index (χ0v) is 18.2. The van der Waals surface area contributed by atoms with E-state index in [1.165, 1.54) is 5.56 Å². The highest BCUT2D eigenvalue weighted by molar-refractivity contribution is 7.90. The first kappa shape index (κ1) is 23.7. The predicted molar refractivity (Wildman–Crippen MR) is 118 cm³/mol. The van der Waals surface area contributed by atoms with Crippen molar-refractivity contribution in [2.75, 3.05) is 41.9 Å². The summed E-state index contributed by atoms with van der Waals surface area (Å²) in [5.41, 5.74) is 3.88. The molecule has 0 atom stereocenters. The highest BCUT2D eigenvalue weighted by atomic mass is 32.2. The second-order valence-corrected chi connectivity index (χ2v) is 8.33. The van der Waals surface area contributed by atoms with Crippen LogP contribution >= 0.6 is 0 Å². The molecule has 1 heterocycles. The van der Waals surface area contributed by atoms with Crippen molar-refractivity contribution in [2.24, 2.45) is 4.99 Å². The molecule has 0 unspecified atom stereocenters. The molecule has 1 aromatic rings. The van der Waals surface area contributed by atoms with Gasteiger partial charge in [0, 0.05) is 31.8 Å². The normalized spacial score (nSPS) is 13.8. The number of carbonyl (C=O) groups excluding carboxylic acids is 1. The van der Waals surface area contributed by atoms with Crippen LogP contribution < -0.4 is 10.2 Å². The summed E-state index contributed by atoms with van der Waals surface area (Å²) in [4.78, 5) is 18.4. The van der Waals surface area contributed by atoms with E-state index >= 15 is 0 Å². The van der Waals surface area contributed by atoms with Crippen molar-refractivity contribution in [3.05, 3.63) is 35.5 Å². The highest BCUT2D eigenvalue weighted by Crippen LogP contribution is 2.31. The minimum absolute atomic E-state index is 0. The summed E-state index contributed by atoms with van der Waals surface area (Å²) in [6, 6.07) is 5.71. The number of hydrogen-bond acceptors (Lipinski definition) is 6. The molecule has 1 amide bonds. The van der Waals surface area contributed by atoms with Gasteiger partial charge in [-0.05, 0) is 38.0 Å². The minimum Gasteiger partial charge on any atom is -0.448 e. The van der Waals surface area contributed by atoms with Crippen molar-refractivity contribution in [2.45, 2.75) is 34.1 Å². The van der Waals surface area contributed by atoms with Gasteiger partial charge in [0.15, 0.2) is 9.84 Å². The Labute approximate surface area is 169 Å². The highest BCUT2D eigenvalue weighted by Gasteiger charge is 2.20. The Hall–Kier alpha value is -2.35. The van der Waals surface area contributed by atoms with Gasteiger partial charge in [-0.1, -0.05) is 26.0 Å². The van der Waals surface area contributed by atoms with E-state index in [-0.39, 0.29) is 13.8 Å². The number of benzene rings is 1. The number of fused-ring (bicyclic) bond motifs is 1. The number of ether oxygens (including phenoxy) is 1. The largest absolute Gasteiger partial charge is 0.448 e. The number of sulfone groups is 1. The second-order valence-electron chi connectivity index (χ2n) is 6.07. The molecule has 0 fully saturated rings. The van der Waals surface area contributed by atoms with Crippen LogP contribution in [0.1, 0.15) is 34.7 Å². The molecule has 28 heavy (non-hydrogen) atoms. The first-order valence-electron chi connectivity index (χ1n) is 9.45. The maximum atomic E-state index is 11.8. The van der Waals surface area contributed by atoms with E-state index < -0.39 is 15.9 Å². The van der Waals surface area contributed by atoms with Crippen LogP contribution in [-0.2, 0) is 21.0 Å². The molecule has 0 aliphatic carbocycles. The number of aliphatic imine (C=N–C) groups is 1. The molecule has 0 aromatic heterocycles. The molecule has 1 N–H and O–H groups in total. The van der Waals surface area contributed by atoms with Crippen LogP contribution in [0.15, 0.2) is 35.0 Å². The van der Waals surface area contributed by atoms with Crippen LogP contribution in [0.5, 0.6) is 0 Å². The zero-order valence-electron chi connectivity index (χ0n) is 17.4. The van der Waals surface area contributed by atoms with Gasteiger partial charge in [0.05, 0.1) is 18.0 Å². The molecule has 0 radical (unpaired) electrons. The lowest BCUT2D eigenvalue weighted by molar-refractivity contribution is 0.168. The third-order valence-corrected chi connectivity index (χ3v) is 4.90. The molecule has 8 heteroatoms. The Bertz CT molecular complexity index is 823. The Morgan fingerprint density at radius 1 is 1.36 bits per heavy atom. The summed E-state index contributed by atoms with van der Waals surface area (Å²) in [6.45, 7) is 9.29. The predicted octanol–water partition coefficient (Wildman–Crippen LogP) is 3.91. The van der Waals surface area contributed by atoms with E-state index in [0.29, 0.717) is 12.2 Å². The maximum absolute atomic E-state index is 11.8. The Morgan fingerprint density at radius 3 is 2.68 bits per heavy atom. The van der Waals surface area contributed by atoms with Crippen molar-refractivity contribution < 1.29 is 19.4 Å². The quantitative estimate of drug-likeness (QED) is 0.687. The average Bonchev–Trinajstić information content (AvgIpc) is 3.04. The average molecular weight is 412 g/mol. The van der Waals surface area contributed by atoms with E-state index in [4.69, 9.17) is 4.74 Å². The topological polar surface area (TPSA) is 88.1 Å². The zero-order chi connectivity index (χ0) is 21.2. The smallest absolute Gasteiger partial charge is 0.411 e. The molecule has 1 aliphatic heterocycles. The van der Waals surface area contributed by atoms with Crippen LogP contribution in [0.4, 0.5) is 16.2 Å². The summed E-state index contributed by atoms with van der Waals surface area (Å²) in [5, 5.41) is 2.64. The molecule has 1 aliphatic rings. The third kappa shape index (κ3) is 7.72. The third-order valence-electron chi connectivity index (χ3n) is 3.99. The first-order valence-corrected chi connectivity index (χ1v) is 11.5. The number of rotatable bonds is 7. The Balaban J connectivity index is 0.00000253. The van der Waals surface area contributed by atoms with E-state index in [0.717, 1.165) is 30.6 Å². The van der Waals surface area contributed by atoms with Gasteiger partial charge in [-0.15, -0.1) is 0 Å². The van der Waals surface area contributed by atoms with Gasteiger partial charge in [0.1, 0.15) is 6.61 Å². The van der Waals surface area contributed by atoms with Crippen molar-refractivity contribution in [3.8, 4) is 0 Å². The molecular formula is C20H33N3O4S. The van der Waals surface area contributed by atoms with Crippen LogP contribution in [-0.4, -0.2) is 52.4 Å². The van der Waals surface area contributed by atoms with Gasteiger partial charge in [-0.3, -0.25) is 10.3 Å². The lowest BCUT2D eigenvalue weighted by atomic mass is 10.1. The summed E-state index contributed by atoms with van der Waals surface area (Å²) in [6.07, 6.45) is 5.14. The van der Waals surface area contributed by atoms with E-state index in [9.17, 15) is 13.2 Å². The number of allylic oxidation sites excluding steroid dienone is 1. The lowest BCUT2D eigenvalue weighted by Gasteiger charge is -2.20. The molecule has 2 rings (SSSR count). The SMILES string of the molecule is CC.CC=N/C(=C\C)CN1CCc2ccc(NC(=O)OCCS(C)(=O)=O)cc21.[HH].